The van der Waals surface area contributed by atoms with Gasteiger partial charge >= 0.3 is 35.8 Å². The molecule has 0 aliphatic heterocycles. The van der Waals surface area contributed by atoms with E-state index in [9.17, 15) is 44.1 Å². The first kappa shape index (κ1) is 34.7. The van der Waals surface area contributed by atoms with Gasteiger partial charge in [0.1, 0.15) is 38.1 Å². The Kier molecular flexibility index (Phi) is 14.5. The van der Waals surface area contributed by atoms with Crippen LogP contribution in [0.3, 0.4) is 0 Å². The number of carbonyl (C=O) groups excluding carboxylic acids is 6. The van der Waals surface area contributed by atoms with Crippen LogP contribution in [-0.4, -0.2) is 108 Å². The van der Waals surface area contributed by atoms with Crippen LogP contribution >= 0.6 is 0 Å². The van der Waals surface area contributed by atoms with Crippen LogP contribution in [0.1, 0.15) is 48.5 Å². The fourth-order valence-electron chi connectivity index (χ4n) is 2.18. The number of aliphatic hydroxyl groups is 3. The number of carbonyl (C=O) groups is 6. The van der Waals surface area contributed by atoms with E-state index in [0.717, 1.165) is 20.8 Å². The molecule has 0 amide bonds. The maximum absolute atomic E-state index is 12.3. The second-order valence-electron chi connectivity index (χ2n) is 8.90. The summed E-state index contributed by atoms with van der Waals surface area (Å²) in [6.45, 7) is 6.78. The Bertz CT molecular complexity index is 740. The molecule has 0 heterocycles. The summed E-state index contributed by atoms with van der Waals surface area (Å²) in [5.74, 6) is -6.28. The van der Waals surface area contributed by atoms with Crippen molar-refractivity contribution >= 4 is 35.8 Å². The van der Waals surface area contributed by atoms with Gasteiger partial charge in [0.15, 0.2) is 18.3 Å². The highest BCUT2D eigenvalue weighted by Gasteiger charge is 2.35. The molecule has 6 unspecified atom stereocenters. The molecule has 0 aliphatic rings. The van der Waals surface area contributed by atoms with Crippen LogP contribution in [0.2, 0.25) is 0 Å². The van der Waals surface area contributed by atoms with Gasteiger partial charge in [-0.15, -0.1) is 0 Å². The van der Waals surface area contributed by atoms with Gasteiger partial charge in [0, 0.05) is 0 Å². The Morgan fingerprint density at radius 1 is 0.500 bits per heavy atom. The lowest BCUT2D eigenvalue weighted by atomic mass is 9.94. The first-order valence-electron chi connectivity index (χ1n) is 11.6. The average molecular weight is 553 g/mol. The molecule has 15 nitrogen and oxygen atoms in total. The van der Waals surface area contributed by atoms with Crippen molar-refractivity contribution in [2.24, 2.45) is 5.41 Å². The standard InChI is InChI=1S/C23H36O15/c1-11(24)17(27)36-14(4)20(30)33-8-23(7,9-34-21(31)15(5)37-18(28)12(2)25)10-35-22(32)16(6)38-19(29)13(3)26/h11-16,24-26H,8-10H2,1-7H3. The fourth-order valence-corrected chi connectivity index (χ4v) is 2.18. The lowest BCUT2D eigenvalue weighted by Gasteiger charge is -2.29. The molecule has 0 bridgehead atoms. The summed E-state index contributed by atoms with van der Waals surface area (Å²) < 4.78 is 29.5. The molecule has 0 saturated carbocycles. The molecular weight excluding hydrogens is 516 g/mol. The molecule has 3 N–H and O–H groups in total. The fraction of sp³-hybridized carbons (Fsp3) is 0.739. The van der Waals surface area contributed by atoms with E-state index in [4.69, 9.17) is 28.4 Å². The molecular formula is C23H36O15. The van der Waals surface area contributed by atoms with Crippen LogP contribution in [-0.2, 0) is 57.2 Å². The van der Waals surface area contributed by atoms with Gasteiger partial charge in [0.2, 0.25) is 0 Å². The average Bonchev–Trinajstić information content (AvgIpc) is 2.83. The van der Waals surface area contributed by atoms with E-state index in [0.29, 0.717) is 0 Å². The molecule has 0 spiro atoms. The van der Waals surface area contributed by atoms with Gasteiger partial charge in [-0.25, -0.2) is 28.8 Å². The van der Waals surface area contributed by atoms with Crippen molar-refractivity contribution in [2.75, 3.05) is 19.8 Å². The van der Waals surface area contributed by atoms with Crippen LogP contribution in [0.4, 0.5) is 0 Å². The van der Waals surface area contributed by atoms with Crippen molar-refractivity contribution in [2.45, 2.75) is 85.1 Å². The van der Waals surface area contributed by atoms with Crippen molar-refractivity contribution < 1.29 is 72.5 Å². The minimum absolute atomic E-state index is 0.535. The minimum Gasteiger partial charge on any atom is -0.462 e. The SMILES string of the molecule is CC(O)C(=O)OC(C)C(=O)OCC(C)(COC(=O)C(C)OC(=O)C(C)O)COC(=O)C(C)OC(=O)C(C)O. The first-order valence-corrected chi connectivity index (χ1v) is 11.6. The van der Waals surface area contributed by atoms with Gasteiger partial charge in [0.25, 0.3) is 0 Å². The highest BCUT2D eigenvalue weighted by atomic mass is 16.6. The Morgan fingerprint density at radius 3 is 0.895 bits per heavy atom. The predicted octanol–water partition coefficient (Wildman–Crippen LogP) is -1.44. The van der Waals surface area contributed by atoms with E-state index in [2.05, 4.69) is 0 Å². The van der Waals surface area contributed by atoms with Crippen molar-refractivity contribution in [3.05, 3.63) is 0 Å². The largest absolute Gasteiger partial charge is 0.462 e. The highest BCUT2D eigenvalue weighted by Crippen LogP contribution is 2.20. The summed E-state index contributed by atoms with van der Waals surface area (Å²) >= 11 is 0. The van der Waals surface area contributed by atoms with Crippen LogP contribution in [0, 0.1) is 5.41 Å². The first-order chi connectivity index (χ1) is 17.4. The molecule has 0 rings (SSSR count). The van der Waals surface area contributed by atoms with Gasteiger partial charge < -0.3 is 43.7 Å². The number of hydrogen-bond acceptors (Lipinski definition) is 15. The van der Waals surface area contributed by atoms with Crippen LogP contribution in [0.15, 0.2) is 0 Å². The zero-order chi connectivity index (χ0) is 29.8. The lowest BCUT2D eigenvalue weighted by Crippen LogP contribution is -2.41. The minimum atomic E-state index is -1.48. The molecule has 6 atom stereocenters. The smallest absolute Gasteiger partial charge is 0.347 e. The topological polar surface area (TPSA) is 218 Å². The second kappa shape index (κ2) is 15.8. The molecule has 0 fully saturated rings. The summed E-state index contributed by atoms with van der Waals surface area (Å²) in [6.07, 6.45) is -8.68. The van der Waals surface area contributed by atoms with Gasteiger partial charge in [-0.1, -0.05) is 0 Å². The zero-order valence-electron chi connectivity index (χ0n) is 22.3. The summed E-state index contributed by atoms with van der Waals surface area (Å²) in [7, 11) is 0. The highest BCUT2D eigenvalue weighted by molar-refractivity contribution is 5.82. The van der Waals surface area contributed by atoms with Gasteiger partial charge in [0.05, 0.1) is 5.41 Å². The maximum Gasteiger partial charge on any atom is 0.347 e. The molecule has 218 valence electrons. The van der Waals surface area contributed by atoms with E-state index in [1.807, 2.05) is 0 Å². The Hall–Kier alpha value is -3.30. The number of rotatable bonds is 15. The Balaban J connectivity index is 5.37. The summed E-state index contributed by atoms with van der Waals surface area (Å²) in [5, 5.41) is 27.6. The summed E-state index contributed by atoms with van der Waals surface area (Å²) in [6, 6.07) is 0. The van der Waals surface area contributed by atoms with E-state index >= 15 is 0 Å². The third kappa shape index (κ3) is 12.8. The molecule has 0 aromatic rings. The number of aliphatic hydroxyl groups excluding tert-OH is 3. The Labute approximate surface area is 219 Å². The zero-order valence-corrected chi connectivity index (χ0v) is 22.3. The van der Waals surface area contributed by atoms with Gasteiger partial charge in [-0.05, 0) is 48.5 Å². The molecule has 38 heavy (non-hydrogen) atoms. The summed E-state index contributed by atoms with van der Waals surface area (Å²) in [4.78, 5) is 71.2. The van der Waals surface area contributed by atoms with E-state index in [-0.39, 0.29) is 0 Å². The molecule has 0 aromatic carbocycles. The molecule has 0 aliphatic carbocycles. The third-order valence-electron chi connectivity index (χ3n) is 4.59. The molecule has 0 radical (unpaired) electrons. The molecule has 0 aromatic heterocycles. The maximum atomic E-state index is 12.3. The summed E-state index contributed by atoms with van der Waals surface area (Å²) in [5.41, 5.74) is -1.41. The van der Waals surface area contributed by atoms with E-state index in [1.54, 1.807) is 0 Å². The van der Waals surface area contributed by atoms with Crippen molar-refractivity contribution in [3.63, 3.8) is 0 Å². The lowest BCUT2D eigenvalue weighted by molar-refractivity contribution is -0.182. The van der Waals surface area contributed by atoms with Crippen molar-refractivity contribution in [1.82, 2.24) is 0 Å². The van der Waals surface area contributed by atoms with Gasteiger partial charge in [-0.3, -0.25) is 0 Å². The van der Waals surface area contributed by atoms with Crippen molar-refractivity contribution in [1.29, 1.82) is 0 Å². The van der Waals surface area contributed by atoms with Crippen LogP contribution in [0.25, 0.3) is 0 Å². The Morgan fingerprint density at radius 2 is 0.711 bits per heavy atom. The normalized spacial score (nSPS) is 17.2. The molecule has 0 saturated heterocycles. The number of esters is 6. The van der Waals surface area contributed by atoms with Crippen LogP contribution < -0.4 is 0 Å². The number of ether oxygens (including phenoxy) is 6. The van der Waals surface area contributed by atoms with Crippen molar-refractivity contribution in [3.8, 4) is 0 Å². The second-order valence-corrected chi connectivity index (χ2v) is 8.90. The van der Waals surface area contributed by atoms with Crippen LogP contribution in [0.5, 0.6) is 0 Å². The van der Waals surface area contributed by atoms with E-state index in [1.165, 1.54) is 27.7 Å². The third-order valence-corrected chi connectivity index (χ3v) is 4.59. The monoisotopic (exact) mass is 552 g/mol. The predicted molar refractivity (Wildman–Crippen MR) is 123 cm³/mol. The molecule has 15 heteroatoms. The van der Waals surface area contributed by atoms with E-state index < -0.39 is 97.7 Å². The number of hydrogen-bond donors (Lipinski definition) is 3. The van der Waals surface area contributed by atoms with Gasteiger partial charge in [-0.2, -0.15) is 0 Å². The quantitative estimate of drug-likeness (QED) is 0.156.